The van der Waals surface area contributed by atoms with E-state index in [9.17, 15) is 31.9 Å². The van der Waals surface area contributed by atoms with Gasteiger partial charge in [0.25, 0.3) is 5.91 Å². The van der Waals surface area contributed by atoms with Gasteiger partial charge in [0.05, 0.1) is 22.9 Å². The van der Waals surface area contributed by atoms with Gasteiger partial charge in [-0.2, -0.15) is 27.1 Å². The standard InChI is InChI=1S/C23H29ClF5N5O2/c1-4-34-19(15-10-30-16(9-14(15)3)31-12-22(25,26)23(27,28)29)17(24)18(33-34)20(35)32-11-21(36)7-5-13(2)6-8-21/h9-10,13,36H,4-8,11-12H2,1-3H3,(H,30,31)(H,32,35). The zero-order valence-corrected chi connectivity index (χ0v) is 20.9. The molecule has 0 bridgehead atoms. The minimum Gasteiger partial charge on any atom is -0.388 e. The van der Waals surface area contributed by atoms with Crippen LogP contribution in [0.2, 0.25) is 5.02 Å². The maximum Gasteiger partial charge on any atom is 0.455 e. The lowest BCUT2D eigenvalue weighted by Gasteiger charge is -2.34. The Morgan fingerprint density at radius 2 is 1.92 bits per heavy atom. The van der Waals surface area contributed by atoms with E-state index in [2.05, 4.69) is 22.3 Å². The molecule has 3 rings (SSSR count). The number of nitrogens with zero attached hydrogens (tertiary/aromatic N) is 3. The van der Waals surface area contributed by atoms with Gasteiger partial charge in [-0.1, -0.05) is 18.5 Å². The maximum atomic E-state index is 13.2. The van der Waals surface area contributed by atoms with Gasteiger partial charge in [0.1, 0.15) is 5.82 Å². The van der Waals surface area contributed by atoms with Crippen LogP contribution in [-0.4, -0.2) is 56.6 Å². The minimum absolute atomic E-state index is 0.0350. The molecule has 200 valence electrons. The average molecular weight is 538 g/mol. The molecule has 1 amide bonds. The molecule has 2 aromatic rings. The summed E-state index contributed by atoms with van der Waals surface area (Å²) in [4.78, 5) is 16.8. The van der Waals surface area contributed by atoms with E-state index in [1.807, 2.05) is 5.32 Å². The van der Waals surface area contributed by atoms with Crippen LogP contribution in [0.3, 0.4) is 0 Å². The number of pyridine rings is 1. The first kappa shape index (κ1) is 28.1. The largest absolute Gasteiger partial charge is 0.455 e. The summed E-state index contributed by atoms with van der Waals surface area (Å²) in [6.07, 6.45) is -1.52. The van der Waals surface area contributed by atoms with E-state index in [4.69, 9.17) is 11.6 Å². The molecular formula is C23H29ClF5N5O2. The zero-order valence-electron chi connectivity index (χ0n) is 20.1. The molecule has 13 heteroatoms. The number of rotatable bonds is 8. The number of nitrogens with one attached hydrogen (secondary N) is 2. The molecule has 3 N–H and O–H groups in total. The molecule has 7 nitrogen and oxygen atoms in total. The topological polar surface area (TPSA) is 92.1 Å². The Hall–Kier alpha value is -2.47. The first-order valence-electron chi connectivity index (χ1n) is 11.6. The van der Waals surface area contributed by atoms with Crippen LogP contribution in [-0.2, 0) is 6.54 Å². The van der Waals surface area contributed by atoms with Crippen LogP contribution in [0.1, 0.15) is 55.6 Å². The Labute approximate surface area is 210 Å². The minimum atomic E-state index is -5.68. The van der Waals surface area contributed by atoms with Crippen molar-refractivity contribution in [3.05, 3.63) is 28.5 Å². The van der Waals surface area contributed by atoms with Crippen molar-refractivity contribution in [3.8, 4) is 11.3 Å². The van der Waals surface area contributed by atoms with Gasteiger partial charge in [-0.05, 0) is 57.1 Å². The second kappa shape index (κ2) is 10.5. The number of alkyl halides is 5. The van der Waals surface area contributed by atoms with Crippen molar-refractivity contribution >= 4 is 23.3 Å². The van der Waals surface area contributed by atoms with E-state index in [0.717, 1.165) is 12.8 Å². The highest BCUT2D eigenvalue weighted by atomic mass is 35.5. The van der Waals surface area contributed by atoms with E-state index in [-0.39, 0.29) is 23.1 Å². The Balaban J connectivity index is 1.78. The van der Waals surface area contributed by atoms with Gasteiger partial charge in [-0.25, -0.2) is 4.98 Å². The third-order valence-corrected chi connectivity index (χ3v) is 6.82. The summed E-state index contributed by atoms with van der Waals surface area (Å²) in [5.74, 6) is -5.13. The number of halogens is 6. The zero-order chi connectivity index (χ0) is 26.9. The molecule has 0 aliphatic heterocycles. The monoisotopic (exact) mass is 537 g/mol. The Kier molecular flexibility index (Phi) is 8.19. The highest BCUT2D eigenvalue weighted by Gasteiger charge is 2.57. The summed E-state index contributed by atoms with van der Waals surface area (Å²) in [6.45, 7) is 4.23. The van der Waals surface area contributed by atoms with E-state index >= 15 is 0 Å². The van der Waals surface area contributed by atoms with E-state index in [1.54, 1.807) is 13.8 Å². The number of anilines is 1. The Bertz CT molecular complexity index is 1100. The second-order valence-electron chi connectivity index (χ2n) is 9.36. The number of hydrogen-bond donors (Lipinski definition) is 3. The van der Waals surface area contributed by atoms with E-state index in [0.29, 0.717) is 42.1 Å². The van der Waals surface area contributed by atoms with Crippen molar-refractivity contribution in [3.63, 3.8) is 0 Å². The lowest BCUT2D eigenvalue weighted by atomic mass is 9.79. The molecule has 1 aliphatic rings. The maximum absolute atomic E-state index is 13.2. The number of aryl methyl sites for hydroxylation is 2. The second-order valence-corrected chi connectivity index (χ2v) is 9.73. The first-order chi connectivity index (χ1) is 16.7. The molecule has 2 aromatic heterocycles. The van der Waals surface area contributed by atoms with Crippen molar-refractivity contribution in [2.75, 3.05) is 18.4 Å². The van der Waals surface area contributed by atoms with Crippen molar-refractivity contribution in [1.82, 2.24) is 20.1 Å². The predicted octanol–water partition coefficient (Wildman–Crippen LogP) is 5.21. The van der Waals surface area contributed by atoms with Gasteiger partial charge in [-0.15, -0.1) is 0 Å². The van der Waals surface area contributed by atoms with E-state index < -0.39 is 30.2 Å². The third-order valence-electron chi connectivity index (χ3n) is 6.46. The van der Waals surface area contributed by atoms with Crippen molar-refractivity contribution in [1.29, 1.82) is 0 Å². The number of aliphatic hydroxyl groups is 1. The van der Waals surface area contributed by atoms with Gasteiger partial charge in [0, 0.05) is 24.8 Å². The molecule has 0 radical (unpaired) electrons. The fourth-order valence-corrected chi connectivity index (χ4v) is 4.40. The van der Waals surface area contributed by atoms with Crippen LogP contribution in [0.4, 0.5) is 27.8 Å². The van der Waals surface area contributed by atoms with Crippen molar-refractivity contribution in [2.24, 2.45) is 5.92 Å². The van der Waals surface area contributed by atoms with Gasteiger partial charge in [-0.3, -0.25) is 9.48 Å². The van der Waals surface area contributed by atoms with Crippen LogP contribution < -0.4 is 10.6 Å². The molecule has 0 aromatic carbocycles. The van der Waals surface area contributed by atoms with E-state index in [1.165, 1.54) is 16.9 Å². The van der Waals surface area contributed by atoms with Gasteiger partial charge in [0.15, 0.2) is 5.69 Å². The lowest BCUT2D eigenvalue weighted by molar-refractivity contribution is -0.275. The molecule has 0 unspecified atom stereocenters. The van der Waals surface area contributed by atoms with Crippen molar-refractivity contribution < 1.29 is 31.9 Å². The molecule has 0 saturated heterocycles. The average Bonchev–Trinajstić information content (AvgIpc) is 3.14. The fraction of sp³-hybridized carbons (Fsp3) is 0.609. The van der Waals surface area contributed by atoms with Crippen molar-refractivity contribution in [2.45, 2.75) is 70.7 Å². The summed E-state index contributed by atoms with van der Waals surface area (Å²) < 4.78 is 65.1. The van der Waals surface area contributed by atoms with Gasteiger partial charge in [0.2, 0.25) is 0 Å². The Morgan fingerprint density at radius 1 is 1.28 bits per heavy atom. The predicted molar refractivity (Wildman–Crippen MR) is 125 cm³/mol. The quantitative estimate of drug-likeness (QED) is 0.402. The van der Waals surface area contributed by atoms with Crippen LogP contribution in [0, 0.1) is 12.8 Å². The van der Waals surface area contributed by atoms with Crippen LogP contribution in [0.25, 0.3) is 11.3 Å². The SMILES string of the molecule is CCn1nc(C(=O)NCC2(O)CCC(C)CC2)c(Cl)c1-c1cnc(NCC(F)(F)C(F)(F)F)cc1C. The fourth-order valence-electron chi connectivity index (χ4n) is 4.08. The normalized spacial score (nSPS) is 20.9. The van der Waals surface area contributed by atoms with Crippen LogP contribution in [0.5, 0.6) is 0 Å². The number of carbonyl (C=O) groups is 1. The number of carbonyl (C=O) groups excluding carboxylic acids is 1. The van der Waals surface area contributed by atoms with Crippen LogP contribution in [0.15, 0.2) is 12.3 Å². The molecule has 0 spiro atoms. The van der Waals surface area contributed by atoms with Crippen LogP contribution >= 0.6 is 11.6 Å². The Morgan fingerprint density at radius 3 is 2.47 bits per heavy atom. The van der Waals surface area contributed by atoms with Gasteiger partial charge >= 0.3 is 12.1 Å². The molecule has 36 heavy (non-hydrogen) atoms. The van der Waals surface area contributed by atoms with Gasteiger partial charge < -0.3 is 15.7 Å². The third kappa shape index (κ3) is 6.08. The molecule has 1 saturated carbocycles. The highest BCUT2D eigenvalue weighted by molar-refractivity contribution is 6.36. The highest BCUT2D eigenvalue weighted by Crippen LogP contribution is 2.37. The molecule has 1 fully saturated rings. The number of hydrogen-bond acceptors (Lipinski definition) is 5. The molecule has 0 atom stereocenters. The molecule has 2 heterocycles. The number of aromatic nitrogens is 3. The summed E-state index contributed by atoms with van der Waals surface area (Å²) >= 11 is 6.52. The lowest BCUT2D eigenvalue weighted by Crippen LogP contribution is -2.45. The molecule has 1 aliphatic carbocycles. The summed E-state index contributed by atoms with van der Waals surface area (Å²) in [7, 11) is 0. The number of amides is 1. The molecular weight excluding hydrogens is 509 g/mol. The summed E-state index contributed by atoms with van der Waals surface area (Å²) in [5, 5.41) is 19.8. The first-order valence-corrected chi connectivity index (χ1v) is 12.0. The summed E-state index contributed by atoms with van der Waals surface area (Å²) in [6, 6.07) is 1.31. The summed E-state index contributed by atoms with van der Waals surface area (Å²) in [5.41, 5.74) is 0.217. The smallest absolute Gasteiger partial charge is 0.388 e.